The minimum Gasteiger partial charge on any atom is -0.481 e. The second-order valence-electron chi connectivity index (χ2n) is 5.25. The summed E-state index contributed by atoms with van der Waals surface area (Å²) in [4.78, 5) is 36.0. The molecule has 2 atom stereocenters. The van der Waals surface area contributed by atoms with E-state index in [0.29, 0.717) is 4.90 Å². The SMILES string of the molecule is CC(CN(C)C(=O)C1CC(=O)N(CC(F)(F)F)C1)C(=O)O. The minimum atomic E-state index is -4.50. The van der Waals surface area contributed by atoms with Gasteiger partial charge in [0.05, 0.1) is 11.8 Å². The molecule has 0 radical (unpaired) electrons. The van der Waals surface area contributed by atoms with E-state index in [0.717, 1.165) is 4.90 Å². The number of aliphatic carboxylic acids is 1. The second-order valence-corrected chi connectivity index (χ2v) is 5.25. The maximum absolute atomic E-state index is 12.3. The smallest absolute Gasteiger partial charge is 0.406 e. The largest absolute Gasteiger partial charge is 0.481 e. The predicted molar refractivity (Wildman–Crippen MR) is 65.2 cm³/mol. The average molecular weight is 310 g/mol. The number of carboxylic acids is 1. The molecule has 1 N–H and O–H groups in total. The molecule has 0 spiro atoms. The molecule has 21 heavy (non-hydrogen) atoms. The van der Waals surface area contributed by atoms with E-state index < -0.39 is 42.3 Å². The fourth-order valence-corrected chi connectivity index (χ4v) is 2.20. The molecule has 1 aliphatic heterocycles. The summed E-state index contributed by atoms with van der Waals surface area (Å²) in [5.41, 5.74) is 0. The number of hydrogen-bond acceptors (Lipinski definition) is 3. The third kappa shape index (κ3) is 4.91. The van der Waals surface area contributed by atoms with Crippen molar-refractivity contribution in [1.29, 1.82) is 0 Å². The molecule has 0 aliphatic carbocycles. The molecule has 0 saturated carbocycles. The molecule has 0 aromatic rings. The molecule has 0 aromatic carbocycles. The number of rotatable bonds is 5. The van der Waals surface area contributed by atoms with E-state index in [-0.39, 0.29) is 19.5 Å². The van der Waals surface area contributed by atoms with Crippen molar-refractivity contribution >= 4 is 17.8 Å². The Kier molecular flexibility index (Phi) is 5.19. The predicted octanol–water partition coefficient (Wildman–Crippen LogP) is 0.576. The van der Waals surface area contributed by atoms with Crippen molar-refractivity contribution in [2.24, 2.45) is 11.8 Å². The van der Waals surface area contributed by atoms with Crippen molar-refractivity contribution in [2.45, 2.75) is 19.5 Å². The first kappa shape index (κ1) is 17.3. The second kappa shape index (κ2) is 6.31. The summed E-state index contributed by atoms with van der Waals surface area (Å²) < 4.78 is 36.8. The van der Waals surface area contributed by atoms with E-state index in [1.165, 1.54) is 14.0 Å². The fraction of sp³-hybridized carbons (Fsp3) is 0.750. The van der Waals surface area contributed by atoms with Crippen LogP contribution in [0.5, 0.6) is 0 Å². The summed E-state index contributed by atoms with van der Waals surface area (Å²) >= 11 is 0. The first-order chi connectivity index (χ1) is 9.51. The molecular weight excluding hydrogens is 293 g/mol. The summed E-state index contributed by atoms with van der Waals surface area (Å²) in [6.45, 7) is -0.298. The maximum Gasteiger partial charge on any atom is 0.406 e. The Hall–Kier alpha value is -1.80. The number of carbonyl (C=O) groups excluding carboxylic acids is 2. The van der Waals surface area contributed by atoms with Gasteiger partial charge in [-0.15, -0.1) is 0 Å². The molecule has 2 unspecified atom stereocenters. The van der Waals surface area contributed by atoms with Gasteiger partial charge in [0.15, 0.2) is 0 Å². The number of carboxylic acid groups (broad SMARTS) is 1. The van der Waals surface area contributed by atoms with Gasteiger partial charge in [-0.25, -0.2) is 0 Å². The molecule has 9 heteroatoms. The lowest BCUT2D eigenvalue weighted by atomic mass is 10.1. The van der Waals surface area contributed by atoms with Crippen molar-refractivity contribution in [3.05, 3.63) is 0 Å². The van der Waals surface area contributed by atoms with E-state index >= 15 is 0 Å². The van der Waals surface area contributed by atoms with Crippen LogP contribution in [-0.4, -0.2) is 65.5 Å². The highest BCUT2D eigenvalue weighted by Gasteiger charge is 2.41. The van der Waals surface area contributed by atoms with Crippen molar-refractivity contribution in [3.63, 3.8) is 0 Å². The van der Waals surface area contributed by atoms with Crippen LogP contribution in [-0.2, 0) is 14.4 Å². The van der Waals surface area contributed by atoms with E-state index in [9.17, 15) is 27.6 Å². The number of alkyl halides is 3. The number of halogens is 3. The molecule has 1 saturated heterocycles. The first-order valence-electron chi connectivity index (χ1n) is 6.33. The highest BCUT2D eigenvalue weighted by atomic mass is 19.4. The molecule has 1 fully saturated rings. The summed E-state index contributed by atoms with van der Waals surface area (Å²) in [6.07, 6.45) is -4.78. The van der Waals surface area contributed by atoms with Gasteiger partial charge in [0, 0.05) is 26.6 Å². The number of amides is 2. The number of likely N-dealkylation sites (tertiary alicyclic amines) is 1. The van der Waals surface area contributed by atoms with Crippen LogP contribution in [0.3, 0.4) is 0 Å². The highest BCUT2D eigenvalue weighted by Crippen LogP contribution is 2.25. The Labute approximate surface area is 119 Å². The molecule has 1 rings (SSSR count). The molecule has 6 nitrogen and oxygen atoms in total. The molecule has 120 valence electrons. The van der Waals surface area contributed by atoms with Gasteiger partial charge in [0.2, 0.25) is 11.8 Å². The van der Waals surface area contributed by atoms with Gasteiger partial charge < -0.3 is 14.9 Å². The van der Waals surface area contributed by atoms with Crippen LogP contribution in [0.25, 0.3) is 0 Å². The van der Waals surface area contributed by atoms with Crippen LogP contribution >= 0.6 is 0 Å². The van der Waals surface area contributed by atoms with Crippen molar-refractivity contribution < 1.29 is 32.7 Å². The summed E-state index contributed by atoms with van der Waals surface area (Å²) in [7, 11) is 1.37. The van der Waals surface area contributed by atoms with Crippen molar-refractivity contribution in [1.82, 2.24) is 9.80 Å². The van der Waals surface area contributed by atoms with Gasteiger partial charge in [0.1, 0.15) is 6.54 Å². The fourth-order valence-electron chi connectivity index (χ4n) is 2.20. The lowest BCUT2D eigenvalue weighted by Gasteiger charge is -2.23. The number of hydrogen-bond donors (Lipinski definition) is 1. The van der Waals surface area contributed by atoms with Gasteiger partial charge in [-0.2, -0.15) is 13.2 Å². The molecule has 1 aliphatic rings. The molecule has 1 heterocycles. The average Bonchev–Trinajstić information content (AvgIpc) is 2.67. The molecular formula is C12H17F3N2O4. The topological polar surface area (TPSA) is 77.9 Å². The summed E-state index contributed by atoms with van der Waals surface area (Å²) in [5, 5.41) is 8.76. The lowest BCUT2D eigenvalue weighted by molar-refractivity contribution is -0.157. The van der Waals surface area contributed by atoms with Crippen LogP contribution < -0.4 is 0 Å². The van der Waals surface area contributed by atoms with Crippen LogP contribution in [0.2, 0.25) is 0 Å². The maximum atomic E-state index is 12.3. The van der Waals surface area contributed by atoms with Gasteiger partial charge in [0.25, 0.3) is 0 Å². The van der Waals surface area contributed by atoms with E-state index in [2.05, 4.69) is 0 Å². The number of nitrogens with zero attached hydrogens (tertiary/aromatic N) is 2. The zero-order valence-electron chi connectivity index (χ0n) is 11.7. The number of carbonyl (C=O) groups is 3. The third-order valence-corrected chi connectivity index (χ3v) is 3.28. The standard InChI is InChI=1S/C12H17F3N2O4/c1-7(11(20)21)4-16(2)10(19)8-3-9(18)17(5-8)6-12(13,14)15/h7-8H,3-6H2,1-2H3,(H,20,21). The Bertz CT molecular complexity index is 439. The Morgan fingerprint density at radius 1 is 1.48 bits per heavy atom. The third-order valence-electron chi connectivity index (χ3n) is 3.28. The quantitative estimate of drug-likeness (QED) is 0.805. The highest BCUT2D eigenvalue weighted by molar-refractivity contribution is 5.89. The zero-order chi connectivity index (χ0) is 16.4. The van der Waals surface area contributed by atoms with E-state index in [1.54, 1.807) is 0 Å². The van der Waals surface area contributed by atoms with Gasteiger partial charge in [-0.3, -0.25) is 14.4 Å². The summed E-state index contributed by atoms with van der Waals surface area (Å²) in [5.74, 6) is -3.95. The Morgan fingerprint density at radius 2 is 2.05 bits per heavy atom. The monoisotopic (exact) mass is 310 g/mol. The van der Waals surface area contributed by atoms with Crippen LogP contribution in [0.15, 0.2) is 0 Å². The molecule has 0 aromatic heterocycles. The van der Waals surface area contributed by atoms with Crippen molar-refractivity contribution in [2.75, 3.05) is 26.7 Å². The van der Waals surface area contributed by atoms with Crippen molar-refractivity contribution in [3.8, 4) is 0 Å². The van der Waals surface area contributed by atoms with E-state index in [4.69, 9.17) is 5.11 Å². The summed E-state index contributed by atoms with van der Waals surface area (Å²) in [6, 6.07) is 0. The van der Waals surface area contributed by atoms with Crippen LogP contribution in [0.4, 0.5) is 13.2 Å². The normalized spacial score (nSPS) is 20.5. The molecule has 2 amide bonds. The zero-order valence-corrected chi connectivity index (χ0v) is 11.7. The lowest BCUT2D eigenvalue weighted by Crippen LogP contribution is -2.39. The Balaban J connectivity index is 2.60. The van der Waals surface area contributed by atoms with E-state index in [1.807, 2.05) is 0 Å². The van der Waals surface area contributed by atoms with Gasteiger partial charge in [-0.1, -0.05) is 6.92 Å². The van der Waals surface area contributed by atoms with Crippen LogP contribution in [0.1, 0.15) is 13.3 Å². The Morgan fingerprint density at radius 3 is 2.52 bits per heavy atom. The van der Waals surface area contributed by atoms with Gasteiger partial charge >= 0.3 is 12.1 Å². The molecule has 0 bridgehead atoms. The first-order valence-corrected chi connectivity index (χ1v) is 6.33. The minimum absolute atomic E-state index is 0.0574. The van der Waals surface area contributed by atoms with Crippen LogP contribution in [0, 0.1) is 11.8 Å². The van der Waals surface area contributed by atoms with Gasteiger partial charge in [-0.05, 0) is 0 Å².